The van der Waals surface area contributed by atoms with E-state index >= 15 is 0 Å². The zero-order valence-corrected chi connectivity index (χ0v) is 17.0. The summed E-state index contributed by atoms with van der Waals surface area (Å²) in [5.41, 5.74) is 1.08. The molecule has 0 aromatic heterocycles. The summed E-state index contributed by atoms with van der Waals surface area (Å²) in [6.07, 6.45) is 5.33. The first kappa shape index (κ1) is 22.2. The van der Waals surface area contributed by atoms with E-state index in [1.807, 2.05) is 12.1 Å². The lowest BCUT2D eigenvalue weighted by Crippen LogP contribution is -2.13. The average molecular weight is 363 g/mol. The third-order valence-electron chi connectivity index (χ3n) is 4.13. The van der Waals surface area contributed by atoms with E-state index in [1.165, 1.54) is 0 Å². The Kier molecular flexibility index (Phi) is 10.0. The zero-order chi connectivity index (χ0) is 19.5. The van der Waals surface area contributed by atoms with Crippen LogP contribution in [0, 0.1) is 11.8 Å². The molecular formula is C22H34O4. The molecule has 0 fully saturated rings. The SMILES string of the molecule is CCCCc1ccc(OC(=O)CCC(C)C)c(OC(=O)CCC(C)C)c1. The summed E-state index contributed by atoms with van der Waals surface area (Å²) in [4.78, 5) is 24.2. The number of carbonyl (C=O) groups excluding carboxylic acids is 2. The van der Waals surface area contributed by atoms with E-state index in [9.17, 15) is 9.59 Å². The first-order chi connectivity index (χ1) is 12.3. The van der Waals surface area contributed by atoms with Crippen molar-refractivity contribution in [3.63, 3.8) is 0 Å². The summed E-state index contributed by atoms with van der Waals surface area (Å²) in [6.45, 7) is 10.4. The number of esters is 2. The zero-order valence-electron chi connectivity index (χ0n) is 17.0. The lowest BCUT2D eigenvalue weighted by Gasteiger charge is -2.13. The van der Waals surface area contributed by atoms with Crippen LogP contribution in [-0.2, 0) is 16.0 Å². The Hall–Kier alpha value is -1.84. The van der Waals surface area contributed by atoms with Crippen LogP contribution in [0.3, 0.4) is 0 Å². The quantitative estimate of drug-likeness (QED) is 0.373. The molecule has 0 aliphatic heterocycles. The lowest BCUT2D eigenvalue weighted by atomic mass is 10.1. The van der Waals surface area contributed by atoms with Gasteiger partial charge in [0, 0.05) is 12.8 Å². The van der Waals surface area contributed by atoms with Gasteiger partial charge in [-0.15, -0.1) is 0 Å². The largest absolute Gasteiger partial charge is 0.423 e. The van der Waals surface area contributed by atoms with Gasteiger partial charge >= 0.3 is 11.9 Å². The number of benzene rings is 1. The standard InChI is InChI=1S/C22H34O4/c1-6-7-8-18-11-12-19(25-21(23)13-9-16(2)3)20(15-18)26-22(24)14-10-17(4)5/h11-12,15-17H,6-10,13-14H2,1-5H3. The van der Waals surface area contributed by atoms with Crippen LogP contribution >= 0.6 is 0 Å². The van der Waals surface area contributed by atoms with Crippen LogP contribution in [0.1, 0.15) is 78.7 Å². The molecule has 0 amide bonds. The fraction of sp³-hybridized carbons (Fsp3) is 0.636. The van der Waals surface area contributed by atoms with Gasteiger partial charge in [0.05, 0.1) is 0 Å². The van der Waals surface area contributed by atoms with Crippen LogP contribution in [-0.4, -0.2) is 11.9 Å². The van der Waals surface area contributed by atoms with Crippen LogP contribution < -0.4 is 9.47 Å². The molecule has 1 aromatic carbocycles. The summed E-state index contributed by atoms with van der Waals surface area (Å²) >= 11 is 0. The Bertz CT molecular complexity index is 576. The first-order valence-electron chi connectivity index (χ1n) is 9.86. The average Bonchev–Trinajstić information content (AvgIpc) is 2.58. The highest BCUT2D eigenvalue weighted by Gasteiger charge is 2.15. The second kappa shape index (κ2) is 11.7. The van der Waals surface area contributed by atoms with Gasteiger partial charge in [-0.2, -0.15) is 0 Å². The summed E-state index contributed by atoms with van der Waals surface area (Å²) < 4.78 is 11.0. The van der Waals surface area contributed by atoms with E-state index in [-0.39, 0.29) is 11.9 Å². The van der Waals surface area contributed by atoms with Crippen molar-refractivity contribution in [1.29, 1.82) is 0 Å². The van der Waals surface area contributed by atoms with Gasteiger partial charge in [-0.1, -0.05) is 47.1 Å². The summed E-state index contributed by atoms with van der Waals surface area (Å²) in [5, 5.41) is 0. The van der Waals surface area contributed by atoms with Crippen LogP contribution in [0.15, 0.2) is 18.2 Å². The second-order valence-corrected chi connectivity index (χ2v) is 7.70. The summed E-state index contributed by atoms with van der Waals surface area (Å²) in [5.74, 6) is 0.978. The van der Waals surface area contributed by atoms with E-state index < -0.39 is 0 Å². The first-order valence-corrected chi connectivity index (χ1v) is 9.86. The maximum Gasteiger partial charge on any atom is 0.311 e. The van der Waals surface area contributed by atoms with Gasteiger partial charge in [-0.25, -0.2) is 0 Å². The van der Waals surface area contributed by atoms with E-state index in [1.54, 1.807) is 6.07 Å². The van der Waals surface area contributed by atoms with Crippen molar-refractivity contribution in [1.82, 2.24) is 0 Å². The van der Waals surface area contributed by atoms with Crippen molar-refractivity contribution in [2.24, 2.45) is 11.8 Å². The molecule has 1 rings (SSSR count). The number of hydrogen-bond donors (Lipinski definition) is 0. The number of hydrogen-bond acceptors (Lipinski definition) is 4. The van der Waals surface area contributed by atoms with Crippen molar-refractivity contribution in [2.45, 2.75) is 79.6 Å². The van der Waals surface area contributed by atoms with Crippen molar-refractivity contribution >= 4 is 11.9 Å². The van der Waals surface area contributed by atoms with Gasteiger partial charge in [-0.3, -0.25) is 9.59 Å². The monoisotopic (exact) mass is 362 g/mol. The molecule has 1 aromatic rings. The van der Waals surface area contributed by atoms with Crippen LogP contribution in [0.25, 0.3) is 0 Å². The highest BCUT2D eigenvalue weighted by Crippen LogP contribution is 2.30. The normalized spacial score (nSPS) is 11.0. The molecule has 0 aliphatic rings. The molecule has 146 valence electrons. The molecule has 0 bridgehead atoms. The Morgan fingerprint density at radius 3 is 1.92 bits per heavy atom. The molecule has 0 atom stereocenters. The molecule has 4 heteroatoms. The summed E-state index contributed by atoms with van der Waals surface area (Å²) in [7, 11) is 0. The fourth-order valence-electron chi connectivity index (χ4n) is 2.41. The van der Waals surface area contributed by atoms with Gasteiger partial charge in [-0.05, 0) is 55.2 Å². The molecule has 4 nitrogen and oxygen atoms in total. The number of unbranched alkanes of at least 4 members (excludes halogenated alkanes) is 1. The molecule has 0 saturated heterocycles. The fourth-order valence-corrected chi connectivity index (χ4v) is 2.41. The van der Waals surface area contributed by atoms with E-state index in [4.69, 9.17) is 9.47 Å². The number of ether oxygens (including phenoxy) is 2. The van der Waals surface area contributed by atoms with Crippen LogP contribution in [0.5, 0.6) is 11.5 Å². The van der Waals surface area contributed by atoms with Gasteiger partial charge in [0.25, 0.3) is 0 Å². The highest BCUT2D eigenvalue weighted by atomic mass is 16.6. The van der Waals surface area contributed by atoms with E-state index in [0.717, 1.165) is 37.7 Å². The highest BCUT2D eigenvalue weighted by molar-refractivity contribution is 5.76. The topological polar surface area (TPSA) is 52.6 Å². The second-order valence-electron chi connectivity index (χ2n) is 7.70. The molecule has 0 unspecified atom stereocenters. The van der Waals surface area contributed by atoms with Gasteiger partial charge < -0.3 is 9.47 Å². The maximum absolute atomic E-state index is 12.1. The van der Waals surface area contributed by atoms with Gasteiger partial charge in [0.2, 0.25) is 0 Å². The molecular weight excluding hydrogens is 328 g/mol. The molecule has 0 saturated carbocycles. The maximum atomic E-state index is 12.1. The number of rotatable bonds is 11. The lowest BCUT2D eigenvalue weighted by molar-refractivity contribution is -0.137. The molecule has 0 radical (unpaired) electrons. The third kappa shape index (κ3) is 9.02. The van der Waals surface area contributed by atoms with Crippen LogP contribution in [0.2, 0.25) is 0 Å². The van der Waals surface area contributed by atoms with Crippen LogP contribution in [0.4, 0.5) is 0 Å². The Labute approximate surface area is 158 Å². The molecule has 0 heterocycles. The molecule has 0 aliphatic carbocycles. The van der Waals surface area contributed by atoms with Gasteiger partial charge in [0.1, 0.15) is 0 Å². The Morgan fingerprint density at radius 2 is 1.42 bits per heavy atom. The Morgan fingerprint density at radius 1 is 0.885 bits per heavy atom. The van der Waals surface area contributed by atoms with E-state index in [0.29, 0.717) is 36.2 Å². The Balaban J connectivity index is 2.85. The van der Waals surface area contributed by atoms with E-state index in [2.05, 4.69) is 34.6 Å². The van der Waals surface area contributed by atoms with Gasteiger partial charge in [0.15, 0.2) is 11.5 Å². The smallest absolute Gasteiger partial charge is 0.311 e. The minimum atomic E-state index is -0.292. The predicted molar refractivity (Wildman–Crippen MR) is 104 cm³/mol. The molecule has 0 spiro atoms. The van der Waals surface area contributed by atoms with Crippen molar-refractivity contribution in [2.75, 3.05) is 0 Å². The minimum Gasteiger partial charge on any atom is -0.423 e. The molecule has 0 N–H and O–H groups in total. The number of carbonyl (C=O) groups is 2. The predicted octanol–water partition coefficient (Wildman–Crippen LogP) is 5.71. The van der Waals surface area contributed by atoms with Crippen molar-refractivity contribution in [3.05, 3.63) is 23.8 Å². The summed E-state index contributed by atoms with van der Waals surface area (Å²) in [6, 6.07) is 5.50. The third-order valence-corrected chi connectivity index (χ3v) is 4.13. The minimum absolute atomic E-state index is 0.286. The molecule has 26 heavy (non-hydrogen) atoms. The number of aryl methyl sites for hydroxylation is 1. The van der Waals surface area contributed by atoms with Crippen molar-refractivity contribution in [3.8, 4) is 11.5 Å². The van der Waals surface area contributed by atoms with Crippen molar-refractivity contribution < 1.29 is 19.1 Å².